The van der Waals surface area contributed by atoms with Crippen molar-refractivity contribution in [1.82, 2.24) is 14.8 Å². The summed E-state index contributed by atoms with van der Waals surface area (Å²) >= 11 is 6.20. The molecule has 6 nitrogen and oxygen atoms in total. The third-order valence-corrected chi connectivity index (χ3v) is 3.87. The van der Waals surface area contributed by atoms with Gasteiger partial charge in [-0.2, -0.15) is 0 Å². The summed E-state index contributed by atoms with van der Waals surface area (Å²) in [6.45, 7) is 2.24. The number of methoxy groups -OCH3 is 1. The van der Waals surface area contributed by atoms with Crippen LogP contribution in [0.1, 0.15) is 22.0 Å². The van der Waals surface area contributed by atoms with Crippen molar-refractivity contribution in [2.75, 3.05) is 12.4 Å². The van der Waals surface area contributed by atoms with E-state index in [0.717, 1.165) is 5.56 Å². The first kappa shape index (κ1) is 17.1. The fraction of sp³-hybridized carbons (Fsp3) is 0.167. The number of aryl methyl sites for hydroxylation is 1. The van der Waals surface area contributed by atoms with Crippen LogP contribution >= 0.6 is 11.6 Å². The molecule has 0 unspecified atom stereocenters. The van der Waals surface area contributed by atoms with E-state index in [2.05, 4.69) is 15.4 Å². The quantitative estimate of drug-likeness (QED) is 0.758. The Morgan fingerprint density at radius 1 is 1.24 bits per heavy atom. The van der Waals surface area contributed by atoms with E-state index in [1.54, 1.807) is 30.8 Å². The molecule has 0 spiro atoms. The summed E-state index contributed by atoms with van der Waals surface area (Å²) in [5.74, 6) is 0.268. The maximum atomic E-state index is 12.5. The predicted octanol–water partition coefficient (Wildman–Crippen LogP) is 3.63. The molecule has 25 heavy (non-hydrogen) atoms. The number of hydrogen-bond donors (Lipinski definition) is 1. The second-order valence-electron chi connectivity index (χ2n) is 5.43. The minimum Gasteiger partial charge on any atom is -0.380 e. The zero-order chi connectivity index (χ0) is 17.8. The lowest BCUT2D eigenvalue weighted by molar-refractivity contribution is 0.101. The van der Waals surface area contributed by atoms with Gasteiger partial charge in [0.1, 0.15) is 5.82 Å². The number of nitrogens with one attached hydrogen (secondary N) is 1. The van der Waals surface area contributed by atoms with Crippen LogP contribution in [0.25, 0.3) is 5.69 Å². The van der Waals surface area contributed by atoms with Crippen LogP contribution in [0.5, 0.6) is 0 Å². The number of para-hydroxylation sites is 1. The first-order valence-electron chi connectivity index (χ1n) is 7.66. The van der Waals surface area contributed by atoms with Crippen molar-refractivity contribution in [3.05, 3.63) is 70.8 Å². The summed E-state index contributed by atoms with van der Waals surface area (Å²) in [5.41, 5.74) is 2.30. The van der Waals surface area contributed by atoms with Gasteiger partial charge in [0.25, 0.3) is 5.91 Å². The number of nitrogens with zero attached hydrogens (tertiary/aromatic N) is 3. The molecule has 0 saturated heterocycles. The number of anilines is 1. The van der Waals surface area contributed by atoms with Gasteiger partial charge in [-0.1, -0.05) is 35.9 Å². The molecule has 1 amide bonds. The van der Waals surface area contributed by atoms with Crippen LogP contribution in [0.15, 0.2) is 48.5 Å². The maximum absolute atomic E-state index is 12.5. The Morgan fingerprint density at radius 2 is 2.04 bits per heavy atom. The van der Waals surface area contributed by atoms with E-state index in [1.807, 2.05) is 36.4 Å². The molecule has 0 fully saturated rings. The molecular weight excluding hydrogens is 340 g/mol. The summed E-state index contributed by atoms with van der Waals surface area (Å²) in [6.07, 6.45) is 0. The number of ether oxygens (including phenoxy) is 1. The van der Waals surface area contributed by atoms with Gasteiger partial charge >= 0.3 is 0 Å². The molecule has 2 aromatic carbocycles. The SMILES string of the molecule is COCc1cccc(NC(=O)c2nc(C)n(-c3ccccc3Cl)n2)c1. The Balaban J connectivity index is 1.83. The van der Waals surface area contributed by atoms with E-state index in [1.165, 1.54) is 0 Å². The molecule has 3 rings (SSSR count). The highest BCUT2D eigenvalue weighted by Gasteiger charge is 2.16. The van der Waals surface area contributed by atoms with Gasteiger partial charge in [-0.25, -0.2) is 9.67 Å². The number of carbonyl (C=O) groups is 1. The Kier molecular flexibility index (Phi) is 5.11. The molecule has 3 aromatic rings. The smallest absolute Gasteiger partial charge is 0.295 e. The van der Waals surface area contributed by atoms with E-state index in [0.29, 0.717) is 28.8 Å². The summed E-state index contributed by atoms with van der Waals surface area (Å²) in [6, 6.07) is 14.7. The molecule has 0 atom stereocenters. The highest BCUT2D eigenvalue weighted by Crippen LogP contribution is 2.20. The molecule has 0 saturated carbocycles. The van der Waals surface area contributed by atoms with Gasteiger partial charge in [0, 0.05) is 12.8 Å². The topological polar surface area (TPSA) is 69.0 Å². The Labute approximate surface area is 150 Å². The van der Waals surface area contributed by atoms with Crippen molar-refractivity contribution in [3.63, 3.8) is 0 Å². The minimum absolute atomic E-state index is 0.0783. The molecule has 7 heteroatoms. The summed E-state index contributed by atoms with van der Waals surface area (Å²) in [4.78, 5) is 16.7. The van der Waals surface area contributed by atoms with Crippen LogP contribution in [-0.2, 0) is 11.3 Å². The van der Waals surface area contributed by atoms with Gasteiger partial charge in [-0.3, -0.25) is 4.79 Å². The van der Waals surface area contributed by atoms with Gasteiger partial charge in [0.15, 0.2) is 0 Å². The standard InChI is InChI=1S/C18H17ClN4O2/c1-12-20-17(22-23(12)16-9-4-3-8-15(16)19)18(24)21-14-7-5-6-13(10-14)11-25-2/h3-10H,11H2,1-2H3,(H,21,24). The fourth-order valence-electron chi connectivity index (χ4n) is 2.43. The summed E-state index contributed by atoms with van der Waals surface area (Å²) < 4.78 is 6.65. The first-order chi connectivity index (χ1) is 12.1. The second kappa shape index (κ2) is 7.46. The van der Waals surface area contributed by atoms with Crippen LogP contribution in [0.2, 0.25) is 5.02 Å². The number of rotatable bonds is 5. The van der Waals surface area contributed by atoms with Gasteiger partial charge in [0.05, 0.1) is 17.3 Å². The molecule has 0 aliphatic heterocycles. The largest absolute Gasteiger partial charge is 0.380 e. The van der Waals surface area contributed by atoms with Crippen molar-refractivity contribution >= 4 is 23.2 Å². The lowest BCUT2D eigenvalue weighted by Crippen LogP contribution is -2.14. The van der Waals surface area contributed by atoms with Crippen LogP contribution < -0.4 is 5.32 Å². The minimum atomic E-state index is -0.386. The average molecular weight is 357 g/mol. The van der Waals surface area contributed by atoms with Crippen LogP contribution in [0.3, 0.4) is 0 Å². The van der Waals surface area contributed by atoms with E-state index >= 15 is 0 Å². The number of hydrogen-bond acceptors (Lipinski definition) is 4. The molecule has 0 bridgehead atoms. The van der Waals surface area contributed by atoms with Gasteiger partial charge in [-0.05, 0) is 36.8 Å². The van der Waals surface area contributed by atoms with E-state index in [9.17, 15) is 4.79 Å². The molecular formula is C18H17ClN4O2. The number of benzene rings is 2. The highest BCUT2D eigenvalue weighted by molar-refractivity contribution is 6.32. The van der Waals surface area contributed by atoms with E-state index in [4.69, 9.17) is 16.3 Å². The monoisotopic (exact) mass is 356 g/mol. The predicted molar refractivity (Wildman–Crippen MR) is 96.2 cm³/mol. The van der Waals surface area contributed by atoms with Crippen molar-refractivity contribution in [2.24, 2.45) is 0 Å². The fourth-order valence-corrected chi connectivity index (χ4v) is 2.65. The maximum Gasteiger partial charge on any atom is 0.295 e. The molecule has 0 radical (unpaired) electrons. The number of halogens is 1. The summed E-state index contributed by atoms with van der Waals surface area (Å²) in [7, 11) is 1.62. The number of carbonyl (C=O) groups excluding carboxylic acids is 1. The third-order valence-electron chi connectivity index (χ3n) is 3.55. The lowest BCUT2D eigenvalue weighted by atomic mass is 10.2. The van der Waals surface area contributed by atoms with Crippen LogP contribution in [0.4, 0.5) is 5.69 Å². The molecule has 0 aliphatic rings. The van der Waals surface area contributed by atoms with Crippen LogP contribution in [0, 0.1) is 6.92 Å². The van der Waals surface area contributed by atoms with E-state index in [-0.39, 0.29) is 11.7 Å². The Bertz CT molecular complexity index is 908. The summed E-state index contributed by atoms with van der Waals surface area (Å²) in [5, 5.41) is 7.61. The number of amides is 1. The zero-order valence-corrected chi connectivity index (χ0v) is 14.6. The number of aromatic nitrogens is 3. The lowest BCUT2D eigenvalue weighted by Gasteiger charge is -2.05. The second-order valence-corrected chi connectivity index (χ2v) is 5.84. The van der Waals surface area contributed by atoms with Crippen molar-refractivity contribution in [2.45, 2.75) is 13.5 Å². The zero-order valence-electron chi connectivity index (χ0n) is 13.9. The normalized spacial score (nSPS) is 10.7. The van der Waals surface area contributed by atoms with Crippen molar-refractivity contribution in [3.8, 4) is 5.69 Å². The third kappa shape index (κ3) is 3.87. The van der Waals surface area contributed by atoms with Gasteiger partial charge in [0.2, 0.25) is 5.82 Å². The highest BCUT2D eigenvalue weighted by atomic mass is 35.5. The Morgan fingerprint density at radius 3 is 2.80 bits per heavy atom. The molecule has 1 heterocycles. The first-order valence-corrected chi connectivity index (χ1v) is 8.04. The molecule has 1 aromatic heterocycles. The van der Waals surface area contributed by atoms with Crippen LogP contribution in [-0.4, -0.2) is 27.8 Å². The molecule has 0 aliphatic carbocycles. The van der Waals surface area contributed by atoms with Crippen molar-refractivity contribution in [1.29, 1.82) is 0 Å². The van der Waals surface area contributed by atoms with Crippen molar-refractivity contribution < 1.29 is 9.53 Å². The molecule has 1 N–H and O–H groups in total. The average Bonchev–Trinajstić information content (AvgIpc) is 2.98. The van der Waals surface area contributed by atoms with E-state index < -0.39 is 0 Å². The van der Waals surface area contributed by atoms with Gasteiger partial charge in [-0.15, -0.1) is 5.10 Å². The Hall–Kier alpha value is -2.70. The van der Waals surface area contributed by atoms with Gasteiger partial charge < -0.3 is 10.1 Å². The molecule has 128 valence electrons.